The molecule has 0 saturated heterocycles. The summed E-state index contributed by atoms with van der Waals surface area (Å²) in [4.78, 5) is 15.6. The van der Waals surface area contributed by atoms with Gasteiger partial charge in [0, 0.05) is 11.4 Å². The van der Waals surface area contributed by atoms with E-state index < -0.39 is 23.3 Å². The summed E-state index contributed by atoms with van der Waals surface area (Å²) in [5, 5.41) is 12.1. The minimum absolute atomic E-state index is 0.0558. The molecule has 1 rings (SSSR count). The molecule has 9 heteroatoms. The van der Waals surface area contributed by atoms with Crippen LogP contribution >= 0.6 is 11.3 Å². The predicted octanol–water partition coefficient (Wildman–Crippen LogP) is 1.49. The Balaban J connectivity index is 2.72. The molecule has 0 aliphatic heterocycles. The van der Waals surface area contributed by atoms with Crippen LogP contribution < -0.4 is 4.72 Å². The molecule has 0 aliphatic rings. The van der Waals surface area contributed by atoms with E-state index in [1.54, 1.807) is 6.92 Å². The molecule has 3 atom stereocenters. The third kappa shape index (κ3) is 5.79. The highest BCUT2D eigenvalue weighted by Gasteiger charge is 2.23. The van der Waals surface area contributed by atoms with Gasteiger partial charge in [-0.2, -0.15) is 0 Å². The molecule has 0 aromatic carbocycles. The van der Waals surface area contributed by atoms with Crippen LogP contribution in [0.3, 0.4) is 0 Å². The van der Waals surface area contributed by atoms with Crippen molar-refractivity contribution in [2.24, 2.45) is 5.92 Å². The number of aromatic nitrogens is 1. The van der Waals surface area contributed by atoms with Gasteiger partial charge in [0.05, 0.1) is 6.61 Å². The molecule has 0 fully saturated rings. The first-order valence-corrected chi connectivity index (χ1v) is 8.51. The molecule has 0 aliphatic carbocycles. The largest absolute Gasteiger partial charge is 0.461 e. The fourth-order valence-corrected chi connectivity index (χ4v) is 3.08. The minimum atomic E-state index is -2.15. The maximum Gasteiger partial charge on any atom is 0.357 e. The molecular formula is C12H20N2O5S2. The molecule has 0 radical (unpaired) electrons. The lowest BCUT2D eigenvalue weighted by Crippen LogP contribution is -2.36. The van der Waals surface area contributed by atoms with Crippen LogP contribution in [0.5, 0.6) is 0 Å². The van der Waals surface area contributed by atoms with Crippen molar-refractivity contribution in [3.8, 4) is 0 Å². The zero-order valence-electron chi connectivity index (χ0n) is 12.1. The van der Waals surface area contributed by atoms with Crippen LogP contribution in [0, 0.1) is 5.92 Å². The molecule has 3 N–H and O–H groups in total. The topological polar surface area (TPSA) is 109 Å². The fourth-order valence-electron chi connectivity index (χ4n) is 1.67. The van der Waals surface area contributed by atoms with Crippen LogP contribution in [-0.4, -0.2) is 37.5 Å². The van der Waals surface area contributed by atoms with E-state index in [2.05, 4.69) is 9.71 Å². The van der Waals surface area contributed by atoms with E-state index in [0.29, 0.717) is 5.01 Å². The van der Waals surface area contributed by atoms with Crippen molar-refractivity contribution < 1.29 is 23.4 Å². The number of aliphatic hydroxyl groups is 1. The monoisotopic (exact) mass is 336 g/mol. The van der Waals surface area contributed by atoms with Gasteiger partial charge < -0.3 is 9.84 Å². The quantitative estimate of drug-likeness (QED) is 0.490. The van der Waals surface area contributed by atoms with Crippen molar-refractivity contribution in [1.82, 2.24) is 9.71 Å². The lowest BCUT2D eigenvalue weighted by molar-refractivity contribution is 0.0519. The predicted molar refractivity (Wildman–Crippen MR) is 80.2 cm³/mol. The Hall–Kier alpha value is -0.870. The van der Waals surface area contributed by atoms with Gasteiger partial charge in [-0.05, 0) is 19.3 Å². The van der Waals surface area contributed by atoms with Crippen LogP contribution in [-0.2, 0) is 16.0 Å². The van der Waals surface area contributed by atoms with Crippen LogP contribution in [0.15, 0.2) is 5.38 Å². The second kappa shape index (κ2) is 8.54. The van der Waals surface area contributed by atoms with Gasteiger partial charge in [-0.1, -0.05) is 13.8 Å². The zero-order chi connectivity index (χ0) is 16.0. The summed E-state index contributed by atoms with van der Waals surface area (Å²) in [5.74, 6) is -0.470. The minimum Gasteiger partial charge on any atom is -0.461 e. The van der Waals surface area contributed by atoms with Crippen LogP contribution in [0.25, 0.3) is 0 Å². The van der Waals surface area contributed by atoms with Gasteiger partial charge in [-0.25, -0.2) is 18.7 Å². The Morgan fingerprint density at radius 2 is 2.24 bits per heavy atom. The molecule has 1 heterocycles. The fraction of sp³-hybridized carbons (Fsp3) is 0.667. The van der Waals surface area contributed by atoms with E-state index in [1.807, 2.05) is 13.8 Å². The highest BCUT2D eigenvalue weighted by molar-refractivity contribution is 7.77. The normalized spacial score (nSPS) is 15.7. The number of thiazole rings is 1. The van der Waals surface area contributed by atoms with Crippen molar-refractivity contribution in [2.75, 3.05) is 6.61 Å². The van der Waals surface area contributed by atoms with Crippen molar-refractivity contribution in [1.29, 1.82) is 0 Å². The van der Waals surface area contributed by atoms with Gasteiger partial charge in [-0.15, -0.1) is 11.3 Å². The standard InChI is InChI=1S/C12H20N2O5S2/c1-4-19-12(16)9-6-20-11(13-9)10(15)5-8(7(2)3)14-21(17)18/h6-8,10,14-15H,4-5H2,1-3H3,(H,17,18)/t8?,10-/m1/s1. The smallest absolute Gasteiger partial charge is 0.357 e. The van der Waals surface area contributed by atoms with Gasteiger partial charge in [-0.3, -0.25) is 4.55 Å². The number of rotatable bonds is 8. The second-order valence-electron chi connectivity index (χ2n) is 4.76. The van der Waals surface area contributed by atoms with E-state index in [4.69, 9.17) is 9.29 Å². The number of carbonyl (C=O) groups is 1. The SMILES string of the molecule is CCOC(=O)c1csc([C@H](O)CC(NS(=O)O)C(C)C)n1. The summed E-state index contributed by atoms with van der Waals surface area (Å²) in [5.41, 5.74) is 0.163. The Kier molecular flexibility index (Phi) is 7.40. The first-order valence-electron chi connectivity index (χ1n) is 6.52. The van der Waals surface area contributed by atoms with E-state index in [0.717, 1.165) is 11.3 Å². The van der Waals surface area contributed by atoms with E-state index in [1.165, 1.54) is 5.38 Å². The molecule has 21 heavy (non-hydrogen) atoms. The van der Waals surface area contributed by atoms with Crippen LogP contribution in [0.4, 0.5) is 0 Å². The summed E-state index contributed by atoms with van der Waals surface area (Å²) in [7, 11) is 0. The maximum atomic E-state index is 11.5. The van der Waals surface area contributed by atoms with Crippen molar-refractivity contribution in [2.45, 2.75) is 39.3 Å². The molecule has 0 bridgehead atoms. The van der Waals surface area contributed by atoms with E-state index in [9.17, 15) is 14.1 Å². The molecule has 0 amide bonds. The lowest BCUT2D eigenvalue weighted by Gasteiger charge is -2.22. The van der Waals surface area contributed by atoms with Crippen LogP contribution in [0.1, 0.15) is 48.8 Å². The first kappa shape index (κ1) is 18.2. The third-order valence-corrected chi connectivity index (χ3v) is 4.28. The number of esters is 1. The molecule has 0 saturated carbocycles. The second-order valence-corrected chi connectivity index (χ2v) is 6.38. The Morgan fingerprint density at radius 1 is 1.57 bits per heavy atom. The number of hydrogen-bond acceptors (Lipinski definition) is 6. The average Bonchev–Trinajstić information content (AvgIpc) is 2.87. The summed E-state index contributed by atoms with van der Waals surface area (Å²) in [6.45, 7) is 5.72. The number of carbonyl (C=O) groups excluding carboxylic acids is 1. The van der Waals surface area contributed by atoms with Gasteiger partial charge in [0.2, 0.25) is 11.3 Å². The summed E-state index contributed by atoms with van der Waals surface area (Å²) in [6, 6.07) is -0.347. The molecule has 7 nitrogen and oxygen atoms in total. The number of aliphatic hydroxyl groups excluding tert-OH is 1. The Morgan fingerprint density at radius 3 is 2.76 bits per heavy atom. The Labute approximate surface area is 130 Å². The Bertz CT molecular complexity index is 492. The first-order chi connectivity index (χ1) is 9.85. The van der Waals surface area contributed by atoms with Gasteiger partial charge in [0.15, 0.2) is 5.69 Å². The molecule has 2 unspecified atom stereocenters. The van der Waals surface area contributed by atoms with E-state index >= 15 is 0 Å². The third-order valence-electron chi connectivity index (χ3n) is 2.83. The molecular weight excluding hydrogens is 316 g/mol. The van der Waals surface area contributed by atoms with Crippen molar-refractivity contribution >= 4 is 28.6 Å². The summed E-state index contributed by atoms with van der Waals surface area (Å²) < 4.78 is 27.1. The van der Waals surface area contributed by atoms with Crippen molar-refractivity contribution in [3.63, 3.8) is 0 Å². The number of hydrogen-bond donors (Lipinski definition) is 3. The maximum absolute atomic E-state index is 11.5. The van der Waals surface area contributed by atoms with Crippen LogP contribution in [0.2, 0.25) is 0 Å². The average molecular weight is 336 g/mol. The van der Waals surface area contributed by atoms with Gasteiger partial charge in [0.1, 0.15) is 11.1 Å². The van der Waals surface area contributed by atoms with E-state index in [-0.39, 0.29) is 30.7 Å². The zero-order valence-corrected chi connectivity index (χ0v) is 13.7. The molecule has 0 spiro atoms. The van der Waals surface area contributed by atoms with Gasteiger partial charge >= 0.3 is 5.97 Å². The highest BCUT2D eigenvalue weighted by atomic mass is 32.2. The number of nitrogens with zero attached hydrogens (tertiary/aromatic N) is 1. The number of ether oxygens (including phenoxy) is 1. The highest BCUT2D eigenvalue weighted by Crippen LogP contribution is 2.24. The molecule has 1 aromatic heterocycles. The lowest BCUT2D eigenvalue weighted by atomic mass is 9.99. The van der Waals surface area contributed by atoms with Gasteiger partial charge in [0.25, 0.3) is 0 Å². The summed E-state index contributed by atoms with van der Waals surface area (Å²) in [6.07, 6.45) is -0.693. The molecule has 120 valence electrons. The molecule has 1 aromatic rings. The van der Waals surface area contributed by atoms with Crippen molar-refractivity contribution in [3.05, 3.63) is 16.1 Å². The number of nitrogens with one attached hydrogen (secondary N) is 1. The summed E-state index contributed by atoms with van der Waals surface area (Å²) >= 11 is -0.990.